The summed E-state index contributed by atoms with van der Waals surface area (Å²) >= 11 is 0. The number of nitrogens with one attached hydrogen (secondary N) is 3. The fourth-order valence-corrected chi connectivity index (χ4v) is 6.78. The van der Waals surface area contributed by atoms with Gasteiger partial charge in [-0.2, -0.15) is 0 Å². The number of nitrogens with zero attached hydrogens (tertiary/aromatic N) is 6. The molecule has 14 nitrogen and oxygen atoms in total. The zero-order valence-electron chi connectivity index (χ0n) is 29.5. The van der Waals surface area contributed by atoms with E-state index in [9.17, 15) is 24.0 Å². The summed E-state index contributed by atoms with van der Waals surface area (Å²) in [7, 11) is 0. The predicted octanol–water partition coefficient (Wildman–Crippen LogP) is 3.38. The third kappa shape index (κ3) is 7.52. The van der Waals surface area contributed by atoms with E-state index in [1.807, 2.05) is 41.4 Å². The van der Waals surface area contributed by atoms with Crippen molar-refractivity contribution in [3.63, 3.8) is 0 Å². The molecule has 3 N–H and O–H groups in total. The van der Waals surface area contributed by atoms with Gasteiger partial charge in [0.25, 0.3) is 11.8 Å². The van der Waals surface area contributed by atoms with Gasteiger partial charge < -0.3 is 20.1 Å². The van der Waals surface area contributed by atoms with Crippen LogP contribution >= 0.6 is 0 Å². The maximum atomic E-state index is 12.9. The molecule has 5 aromatic rings. The van der Waals surface area contributed by atoms with Gasteiger partial charge in [-0.05, 0) is 55.0 Å². The molecule has 7 rings (SSSR count). The minimum Gasteiger partial charge on any atom is -0.351 e. The number of benzene rings is 1. The van der Waals surface area contributed by atoms with Gasteiger partial charge in [-0.15, -0.1) is 0 Å². The summed E-state index contributed by atoms with van der Waals surface area (Å²) in [6.07, 6.45) is 5.78. The van der Waals surface area contributed by atoms with Crippen LogP contribution in [-0.4, -0.2) is 78.1 Å². The van der Waals surface area contributed by atoms with Crippen molar-refractivity contribution in [3.8, 4) is 22.5 Å². The lowest BCUT2D eigenvalue weighted by molar-refractivity contribution is -0.134. The van der Waals surface area contributed by atoms with E-state index >= 15 is 0 Å². The lowest BCUT2D eigenvalue weighted by Gasteiger charge is -2.28. The molecule has 1 fully saturated rings. The van der Waals surface area contributed by atoms with Crippen molar-refractivity contribution in [1.29, 1.82) is 0 Å². The average Bonchev–Trinajstić information content (AvgIpc) is 3.55. The number of carbonyl (C=O) groups excluding carboxylic acids is 5. The Morgan fingerprint density at radius 3 is 2.57 bits per heavy atom. The maximum absolute atomic E-state index is 12.9. The highest BCUT2D eigenvalue weighted by molar-refractivity contribution is 6.03. The SMILES string of the molecule is CCc1nc(-c2cccc3cc(-c4ccc(C(=O)NCCCc5cccc(C(=O)NC6CCC(=O)NC6=O)n5)nc4)ncc23)c2n1CCN(C(C)=O)C2. The van der Waals surface area contributed by atoms with Crippen LogP contribution in [0.5, 0.6) is 0 Å². The summed E-state index contributed by atoms with van der Waals surface area (Å²) in [6, 6.07) is 15.9. The molecular formula is C39H39N9O5. The summed E-state index contributed by atoms with van der Waals surface area (Å²) in [5, 5.41) is 9.69. The zero-order chi connectivity index (χ0) is 37.1. The van der Waals surface area contributed by atoms with Gasteiger partial charge in [-0.3, -0.25) is 39.3 Å². The Morgan fingerprint density at radius 1 is 0.943 bits per heavy atom. The number of imidazole rings is 1. The summed E-state index contributed by atoms with van der Waals surface area (Å²) < 4.78 is 2.24. The lowest BCUT2D eigenvalue weighted by atomic mass is 10.0. The summed E-state index contributed by atoms with van der Waals surface area (Å²) in [6.45, 7) is 5.99. The highest BCUT2D eigenvalue weighted by Gasteiger charge is 2.29. The van der Waals surface area contributed by atoms with Gasteiger partial charge in [0.1, 0.15) is 23.3 Å². The van der Waals surface area contributed by atoms with E-state index in [0.29, 0.717) is 38.2 Å². The number of fused-ring (bicyclic) bond motifs is 2. The van der Waals surface area contributed by atoms with E-state index in [2.05, 4.69) is 37.4 Å². The average molecular weight is 714 g/mol. The molecule has 53 heavy (non-hydrogen) atoms. The molecule has 1 aromatic carbocycles. The van der Waals surface area contributed by atoms with Crippen LogP contribution in [0.1, 0.15) is 71.3 Å². The molecule has 1 unspecified atom stereocenters. The third-order valence-corrected chi connectivity index (χ3v) is 9.64. The van der Waals surface area contributed by atoms with E-state index in [0.717, 1.165) is 57.8 Å². The number of pyridine rings is 3. The number of carbonyl (C=O) groups is 5. The van der Waals surface area contributed by atoms with E-state index in [1.165, 1.54) is 0 Å². The Bertz CT molecular complexity index is 2250. The molecule has 4 aromatic heterocycles. The van der Waals surface area contributed by atoms with Crippen molar-refractivity contribution >= 4 is 40.3 Å². The molecule has 2 aliphatic rings. The van der Waals surface area contributed by atoms with E-state index < -0.39 is 17.9 Å². The van der Waals surface area contributed by atoms with E-state index in [-0.39, 0.29) is 42.0 Å². The van der Waals surface area contributed by atoms with Crippen molar-refractivity contribution in [3.05, 3.63) is 95.6 Å². The topological polar surface area (TPSA) is 181 Å². The molecule has 1 atom stereocenters. The van der Waals surface area contributed by atoms with Gasteiger partial charge in [-0.25, -0.2) is 9.97 Å². The lowest BCUT2D eigenvalue weighted by Crippen LogP contribution is -2.52. The second-order valence-electron chi connectivity index (χ2n) is 13.1. The minimum atomic E-state index is -0.781. The number of imide groups is 1. The van der Waals surface area contributed by atoms with Gasteiger partial charge in [0, 0.05) is 74.0 Å². The number of hydrogen-bond acceptors (Lipinski definition) is 9. The molecule has 6 heterocycles. The van der Waals surface area contributed by atoms with Crippen molar-refractivity contribution in [1.82, 2.24) is 45.4 Å². The Kier molecular flexibility index (Phi) is 10.0. The summed E-state index contributed by atoms with van der Waals surface area (Å²) in [5.74, 6) is -0.615. The number of amides is 5. The first-order valence-corrected chi connectivity index (χ1v) is 17.8. The van der Waals surface area contributed by atoms with Gasteiger partial charge >= 0.3 is 0 Å². The predicted molar refractivity (Wildman–Crippen MR) is 195 cm³/mol. The van der Waals surface area contributed by atoms with Crippen LogP contribution in [0.3, 0.4) is 0 Å². The molecule has 5 amide bonds. The fourth-order valence-electron chi connectivity index (χ4n) is 6.78. The highest BCUT2D eigenvalue weighted by atomic mass is 16.2. The highest BCUT2D eigenvalue weighted by Crippen LogP contribution is 2.34. The Hall–Kier alpha value is -6.31. The number of piperidine rings is 1. The van der Waals surface area contributed by atoms with Gasteiger partial charge in [-0.1, -0.05) is 31.2 Å². The molecule has 0 saturated carbocycles. The van der Waals surface area contributed by atoms with Crippen molar-refractivity contribution in [2.24, 2.45) is 0 Å². The second kappa shape index (κ2) is 15.1. The number of aryl methyl sites for hydroxylation is 2. The molecule has 270 valence electrons. The first kappa shape index (κ1) is 35.1. The zero-order valence-corrected chi connectivity index (χ0v) is 29.5. The second-order valence-corrected chi connectivity index (χ2v) is 13.1. The Balaban J connectivity index is 0.963. The van der Waals surface area contributed by atoms with Gasteiger partial charge in [0.2, 0.25) is 17.7 Å². The Labute approximate surface area is 305 Å². The van der Waals surface area contributed by atoms with E-state index in [4.69, 9.17) is 9.97 Å². The van der Waals surface area contributed by atoms with Crippen LogP contribution in [0.15, 0.2) is 67.0 Å². The first-order valence-electron chi connectivity index (χ1n) is 17.8. The normalized spacial score (nSPS) is 15.5. The van der Waals surface area contributed by atoms with Crippen molar-refractivity contribution in [2.75, 3.05) is 13.1 Å². The molecule has 2 aliphatic heterocycles. The standard InChI is InChI=1S/C39H39N9O5/c1-3-34-45-36(33-22-47(23(2)49)17-18-48(33)34)27-10-4-7-24-19-32(42-21-28(24)27)25-12-13-29(41-20-25)37(51)40-16-6-9-26-8-5-11-30(43-26)38(52)44-31-14-15-35(50)46-39(31)53/h4-5,7-8,10-13,19-21,31H,3,6,9,14-18,22H2,1-2H3,(H,40,51)(H,44,52)(H,46,50,53). The number of aromatic nitrogens is 5. The molecule has 14 heteroatoms. The maximum Gasteiger partial charge on any atom is 0.270 e. The van der Waals surface area contributed by atoms with Crippen LogP contribution in [0.4, 0.5) is 0 Å². The first-order chi connectivity index (χ1) is 25.7. The van der Waals surface area contributed by atoms with Crippen molar-refractivity contribution < 1.29 is 24.0 Å². The summed E-state index contributed by atoms with van der Waals surface area (Å²) in [5.41, 5.74) is 5.50. The fraction of sp³-hybridized carbons (Fsp3) is 0.308. The van der Waals surface area contributed by atoms with Gasteiger partial charge in [0.15, 0.2) is 0 Å². The van der Waals surface area contributed by atoms with Crippen molar-refractivity contribution in [2.45, 2.75) is 65.1 Å². The smallest absolute Gasteiger partial charge is 0.270 e. The Morgan fingerprint density at radius 2 is 1.79 bits per heavy atom. The largest absolute Gasteiger partial charge is 0.351 e. The van der Waals surface area contributed by atoms with Crippen LogP contribution in [0.2, 0.25) is 0 Å². The monoisotopic (exact) mass is 713 g/mol. The molecule has 0 bridgehead atoms. The van der Waals surface area contributed by atoms with Crippen LogP contribution in [-0.2, 0) is 40.3 Å². The number of rotatable bonds is 10. The van der Waals surface area contributed by atoms with E-state index in [1.54, 1.807) is 37.4 Å². The molecule has 1 saturated heterocycles. The van der Waals surface area contributed by atoms with Crippen LogP contribution in [0, 0.1) is 0 Å². The quantitative estimate of drug-likeness (QED) is 0.144. The third-order valence-electron chi connectivity index (χ3n) is 9.64. The number of hydrogen-bond donors (Lipinski definition) is 3. The van der Waals surface area contributed by atoms with Crippen LogP contribution in [0.25, 0.3) is 33.3 Å². The van der Waals surface area contributed by atoms with Crippen LogP contribution < -0.4 is 16.0 Å². The molecule has 0 radical (unpaired) electrons. The molecule has 0 aliphatic carbocycles. The summed E-state index contributed by atoms with van der Waals surface area (Å²) in [4.78, 5) is 81.5. The minimum absolute atomic E-state index is 0.0534. The molecular weight excluding hydrogens is 674 g/mol. The van der Waals surface area contributed by atoms with Gasteiger partial charge in [0.05, 0.1) is 23.6 Å². The molecule has 0 spiro atoms.